The number of carbonyl (C=O) groups excluding carboxylic acids is 1. The summed E-state index contributed by atoms with van der Waals surface area (Å²) in [4.78, 5) is 26.1. The van der Waals surface area contributed by atoms with Gasteiger partial charge in [0, 0.05) is 5.92 Å². The SMILES string of the molecule is CC(C(=O)O)N(C(=O)OCC1c2ccccc2-c2ccccc21)C1(CO)CCCC1. The number of benzene rings is 2. The summed E-state index contributed by atoms with van der Waals surface area (Å²) in [6, 6.07) is 15.1. The molecule has 0 saturated heterocycles. The number of rotatable bonds is 6. The first-order chi connectivity index (χ1) is 14.5. The van der Waals surface area contributed by atoms with Crippen LogP contribution in [0, 0.1) is 0 Å². The Kier molecular flexibility index (Phi) is 5.52. The van der Waals surface area contributed by atoms with Crippen molar-refractivity contribution in [1.29, 1.82) is 0 Å². The van der Waals surface area contributed by atoms with Crippen molar-refractivity contribution in [2.75, 3.05) is 13.2 Å². The van der Waals surface area contributed by atoms with Gasteiger partial charge in [0.2, 0.25) is 0 Å². The highest BCUT2D eigenvalue weighted by molar-refractivity contribution is 5.81. The molecule has 0 spiro atoms. The van der Waals surface area contributed by atoms with Crippen LogP contribution in [0.15, 0.2) is 48.5 Å². The Labute approximate surface area is 176 Å². The van der Waals surface area contributed by atoms with Gasteiger partial charge in [-0.3, -0.25) is 4.90 Å². The van der Waals surface area contributed by atoms with Crippen LogP contribution < -0.4 is 0 Å². The highest BCUT2D eigenvalue weighted by Gasteiger charge is 2.47. The molecule has 0 bridgehead atoms. The Balaban J connectivity index is 1.59. The highest BCUT2D eigenvalue weighted by atomic mass is 16.6. The van der Waals surface area contributed by atoms with E-state index in [0.29, 0.717) is 12.8 Å². The largest absolute Gasteiger partial charge is 0.480 e. The maximum Gasteiger partial charge on any atom is 0.411 e. The van der Waals surface area contributed by atoms with Crippen molar-refractivity contribution < 1.29 is 24.5 Å². The lowest BCUT2D eigenvalue weighted by Crippen LogP contribution is -2.58. The first-order valence-electron chi connectivity index (χ1n) is 10.5. The maximum absolute atomic E-state index is 13.2. The molecular weight excluding hydrogens is 382 g/mol. The van der Waals surface area contributed by atoms with E-state index in [1.807, 2.05) is 36.4 Å². The van der Waals surface area contributed by atoms with Gasteiger partial charge < -0.3 is 14.9 Å². The number of aliphatic hydroxyl groups is 1. The average molecular weight is 409 g/mol. The van der Waals surface area contributed by atoms with Gasteiger partial charge in [-0.05, 0) is 42.0 Å². The lowest BCUT2D eigenvalue weighted by molar-refractivity contribution is -0.145. The van der Waals surface area contributed by atoms with Gasteiger partial charge in [-0.2, -0.15) is 0 Å². The molecule has 1 fully saturated rings. The molecule has 1 amide bonds. The van der Waals surface area contributed by atoms with Crippen LogP contribution in [-0.2, 0) is 9.53 Å². The first kappa shape index (κ1) is 20.4. The summed E-state index contributed by atoms with van der Waals surface area (Å²) in [6.07, 6.45) is 2.17. The third-order valence-corrected chi connectivity index (χ3v) is 6.62. The van der Waals surface area contributed by atoms with Crippen LogP contribution >= 0.6 is 0 Å². The smallest absolute Gasteiger partial charge is 0.411 e. The number of carboxylic acid groups (broad SMARTS) is 1. The molecule has 2 aromatic carbocycles. The van der Waals surface area contributed by atoms with E-state index in [-0.39, 0.29) is 19.1 Å². The molecule has 2 N–H and O–H groups in total. The molecule has 158 valence electrons. The van der Waals surface area contributed by atoms with E-state index in [2.05, 4.69) is 12.1 Å². The van der Waals surface area contributed by atoms with E-state index < -0.39 is 23.6 Å². The Hall–Kier alpha value is -2.86. The summed E-state index contributed by atoms with van der Waals surface area (Å²) < 4.78 is 5.72. The van der Waals surface area contributed by atoms with Crippen LogP contribution in [0.3, 0.4) is 0 Å². The number of hydrogen-bond donors (Lipinski definition) is 2. The van der Waals surface area contributed by atoms with Gasteiger partial charge in [-0.1, -0.05) is 61.4 Å². The van der Waals surface area contributed by atoms with Crippen LogP contribution in [0.5, 0.6) is 0 Å². The summed E-state index contributed by atoms with van der Waals surface area (Å²) in [5, 5.41) is 19.6. The summed E-state index contributed by atoms with van der Waals surface area (Å²) in [7, 11) is 0. The second-order valence-corrected chi connectivity index (χ2v) is 8.28. The monoisotopic (exact) mass is 409 g/mol. The fourth-order valence-corrected chi connectivity index (χ4v) is 5.04. The topological polar surface area (TPSA) is 87.1 Å². The molecule has 0 aliphatic heterocycles. The van der Waals surface area contributed by atoms with E-state index in [4.69, 9.17) is 4.74 Å². The van der Waals surface area contributed by atoms with Crippen molar-refractivity contribution >= 4 is 12.1 Å². The minimum Gasteiger partial charge on any atom is -0.480 e. The van der Waals surface area contributed by atoms with E-state index in [1.165, 1.54) is 11.8 Å². The Bertz CT molecular complexity index is 905. The molecule has 1 atom stereocenters. The maximum atomic E-state index is 13.2. The molecule has 1 saturated carbocycles. The van der Waals surface area contributed by atoms with E-state index in [0.717, 1.165) is 35.1 Å². The van der Waals surface area contributed by atoms with Crippen LogP contribution in [0.1, 0.15) is 49.7 Å². The van der Waals surface area contributed by atoms with Crippen LogP contribution in [0.25, 0.3) is 11.1 Å². The van der Waals surface area contributed by atoms with Gasteiger partial charge in [0.05, 0.1) is 12.1 Å². The average Bonchev–Trinajstić information content (AvgIpc) is 3.36. The molecule has 4 rings (SSSR count). The second kappa shape index (κ2) is 8.11. The second-order valence-electron chi connectivity index (χ2n) is 8.28. The number of amides is 1. The van der Waals surface area contributed by atoms with Gasteiger partial charge in [0.15, 0.2) is 0 Å². The summed E-state index contributed by atoms with van der Waals surface area (Å²) in [5.41, 5.74) is 3.59. The zero-order valence-electron chi connectivity index (χ0n) is 17.1. The summed E-state index contributed by atoms with van der Waals surface area (Å²) >= 11 is 0. The predicted molar refractivity (Wildman–Crippen MR) is 112 cm³/mol. The molecule has 0 radical (unpaired) electrons. The minimum absolute atomic E-state index is 0.100. The molecular formula is C24H27NO5. The van der Waals surface area contributed by atoms with Crippen molar-refractivity contribution in [2.24, 2.45) is 0 Å². The Morgan fingerprint density at radius 3 is 2.10 bits per heavy atom. The van der Waals surface area contributed by atoms with Gasteiger partial charge in [0.1, 0.15) is 12.6 Å². The number of fused-ring (bicyclic) bond motifs is 3. The third-order valence-electron chi connectivity index (χ3n) is 6.62. The van der Waals surface area contributed by atoms with E-state index >= 15 is 0 Å². The fraction of sp³-hybridized carbons (Fsp3) is 0.417. The zero-order valence-corrected chi connectivity index (χ0v) is 17.1. The van der Waals surface area contributed by atoms with E-state index in [1.54, 1.807) is 0 Å². The van der Waals surface area contributed by atoms with Gasteiger partial charge in [-0.25, -0.2) is 9.59 Å². The van der Waals surface area contributed by atoms with Crippen molar-refractivity contribution in [3.8, 4) is 11.1 Å². The van der Waals surface area contributed by atoms with Gasteiger partial charge in [0.25, 0.3) is 0 Å². The number of ether oxygens (including phenoxy) is 1. The van der Waals surface area contributed by atoms with Crippen LogP contribution in [0.2, 0.25) is 0 Å². The molecule has 2 aliphatic rings. The minimum atomic E-state index is -1.11. The predicted octanol–water partition coefficient (Wildman–Crippen LogP) is 4.02. The molecule has 0 aromatic heterocycles. The summed E-state index contributed by atoms with van der Waals surface area (Å²) in [6.45, 7) is 1.32. The molecule has 30 heavy (non-hydrogen) atoms. The third kappa shape index (κ3) is 3.35. The summed E-state index contributed by atoms with van der Waals surface area (Å²) in [5.74, 6) is -1.21. The lowest BCUT2D eigenvalue weighted by atomic mass is 9.94. The van der Waals surface area contributed by atoms with Gasteiger partial charge >= 0.3 is 12.1 Å². The molecule has 2 aliphatic carbocycles. The molecule has 2 aromatic rings. The normalized spacial score (nSPS) is 17.8. The molecule has 1 unspecified atom stereocenters. The fourth-order valence-electron chi connectivity index (χ4n) is 5.04. The van der Waals surface area contributed by atoms with E-state index in [9.17, 15) is 19.8 Å². The number of carbonyl (C=O) groups is 2. The number of nitrogens with zero attached hydrogens (tertiary/aromatic N) is 1. The van der Waals surface area contributed by atoms with Crippen molar-refractivity contribution in [2.45, 2.75) is 50.1 Å². The van der Waals surface area contributed by atoms with Crippen molar-refractivity contribution in [1.82, 2.24) is 4.90 Å². The Morgan fingerprint density at radius 2 is 1.60 bits per heavy atom. The quantitative estimate of drug-likeness (QED) is 0.753. The molecule has 6 nitrogen and oxygen atoms in total. The standard InChI is InChI=1S/C24H27NO5/c1-16(22(27)28)25(24(15-26)12-6-7-13-24)23(29)30-14-21-19-10-4-2-8-17(19)18-9-3-5-11-20(18)21/h2-5,8-11,16,21,26H,6-7,12-15H2,1H3,(H,27,28). The van der Waals surface area contributed by atoms with Crippen LogP contribution in [0.4, 0.5) is 4.79 Å². The Morgan fingerprint density at radius 1 is 1.07 bits per heavy atom. The van der Waals surface area contributed by atoms with Crippen molar-refractivity contribution in [3.63, 3.8) is 0 Å². The van der Waals surface area contributed by atoms with Gasteiger partial charge in [-0.15, -0.1) is 0 Å². The van der Waals surface area contributed by atoms with Crippen molar-refractivity contribution in [3.05, 3.63) is 59.7 Å². The lowest BCUT2D eigenvalue weighted by Gasteiger charge is -2.41. The number of hydrogen-bond acceptors (Lipinski definition) is 4. The highest BCUT2D eigenvalue weighted by Crippen LogP contribution is 2.45. The first-order valence-corrected chi connectivity index (χ1v) is 10.5. The molecule has 6 heteroatoms. The molecule has 0 heterocycles. The number of aliphatic hydroxyl groups excluding tert-OH is 1. The number of carboxylic acids is 1. The zero-order chi connectivity index (χ0) is 21.3. The van der Waals surface area contributed by atoms with Crippen LogP contribution in [-0.4, -0.2) is 52.0 Å². The number of aliphatic carboxylic acids is 1.